The second kappa shape index (κ2) is 13.2. The first-order valence-electron chi connectivity index (χ1n) is 12.6. The number of rotatable bonds is 9. The van der Waals surface area contributed by atoms with Gasteiger partial charge >= 0.3 is 5.97 Å². The molecule has 0 saturated carbocycles. The Morgan fingerprint density at radius 3 is 1.88 bits per heavy atom. The standard InChI is InChI=1S/C30H28O12/c31-18-7-1-16(2-8-18)5-12-21(33)20-11-13-22(26(36)25(20)35)41-30-29(39)28(38)27(37)23(42-30)15-40-24(34)14-6-17-3-9-19(32)10-4-17/h1-14,23,27-32,35-39H,15H2/t23-,27-,28+,29-,30+/m1/s1. The smallest absolute Gasteiger partial charge is 0.330 e. The van der Waals surface area contributed by atoms with E-state index in [1.807, 2.05) is 0 Å². The van der Waals surface area contributed by atoms with Crippen LogP contribution in [0.1, 0.15) is 21.5 Å². The lowest BCUT2D eigenvalue weighted by Gasteiger charge is -2.39. The van der Waals surface area contributed by atoms with E-state index in [1.54, 1.807) is 24.3 Å². The third-order valence-electron chi connectivity index (χ3n) is 6.31. The quantitative estimate of drug-likeness (QED) is 0.0839. The van der Waals surface area contributed by atoms with E-state index >= 15 is 0 Å². The van der Waals surface area contributed by atoms with Crippen molar-refractivity contribution in [2.24, 2.45) is 0 Å². The van der Waals surface area contributed by atoms with Gasteiger partial charge in [-0.15, -0.1) is 0 Å². The van der Waals surface area contributed by atoms with Crippen molar-refractivity contribution >= 4 is 23.9 Å². The maximum Gasteiger partial charge on any atom is 0.330 e. The Labute approximate surface area is 239 Å². The summed E-state index contributed by atoms with van der Waals surface area (Å²) < 4.78 is 16.0. The molecule has 1 aliphatic rings. The van der Waals surface area contributed by atoms with Crippen LogP contribution in [0.2, 0.25) is 0 Å². The number of allylic oxidation sites excluding steroid dienone is 1. The predicted octanol–water partition coefficient (Wildman–Crippen LogP) is 1.85. The lowest BCUT2D eigenvalue weighted by atomic mass is 9.99. The number of aromatic hydroxyl groups is 4. The number of aliphatic hydroxyl groups excluding tert-OH is 3. The molecular weight excluding hydrogens is 552 g/mol. The van der Waals surface area contributed by atoms with Crippen LogP contribution in [0.15, 0.2) is 72.8 Å². The molecule has 42 heavy (non-hydrogen) atoms. The molecule has 0 spiro atoms. The molecule has 12 heteroatoms. The second-order valence-corrected chi connectivity index (χ2v) is 9.29. The highest BCUT2D eigenvalue weighted by Crippen LogP contribution is 2.40. The number of carbonyl (C=O) groups excluding carboxylic acids is 2. The van der Waals surface area contributed by atoms with Gasteiger partial charge in [0.05, 0.1) is 5.56 Å². The number of ether oxygens (including phenoxy) is 3. The van der Waals surface area contributed by atoms with Gasteiger partial charge in [-0.25, -0.2) is 4.79 Å². The number of benzene rings is 3. The van der Waals surface area contributed by atoms with E-state index in [0.29, 0.717) is 11.1 Å². The average molecular weight is 581 g/mol. The molecule has 0 bridgehead atoms. The number of carbonyl (C=O) groups is 2. The summed E-state index contributed by atoms with van der Waals surface area (Å²) in [5.41, 5.74) is 0.943. The van der Waals surface area contributed by atoms with Crippen LogP contribution in [0.25, 0.3) is 12.2 Å². The fourth-order valence-electron chi connectivity index (χ4n) is 3.94. The maximum absolute atomic E-state index is 12.6. The molecule has 5 atom stereocenters. The minimum atomic E-state index is -1.81. The van der Waals surface area contributed by atoms with Gasteiger partial charge in [-0.3, -0.25) is 4.79 Å². The molecule has 3 aromatic rings. The van der Waals surface area contributed by atoms with E-state index in [0.717, 1.165) is 24.3 Å². The summed E-state index contributed by atoms with van der Waals surface area (Å²) in [4.78, 5) is 24.7. The highest BCUT2D eigenvalue weighted by Gasteiger charge is 2.45. The molecule has 3 aromatic carbocycles. The zero-order valence-corrected chi connectivity index (χ0v) is 21.8. The van der Waals surface area contributed by atoms with Gasteiger partial charge in [0, 0.05) is 6.08 Å². The van der Waals surface area contributed by atoms with Crippen LogP contribution in [0.4, 0.5) is 0 Å². The molecular formula is C30H28O12. The van der Waals surface area contributed by atoms with Gasteiger partial charge in [-0.1, -0.05) is 30.3 Å². The van der Waals surface area contributed by atoms with E-state index in [-0.39, 0.29) is 17.1 Å². The summed E-state index contributed by atoms with van der Waals surface area (Å²) in [6.45, 7) is -0.540. The highest BCUT2D eigenvalue weighted by molar-refractivity contribution is 6.09. The summed E-state index contributed by atoms with van der Waals surface area (Å²) in [5.74, 6) is -3.43. The normalized spacial score (nSPS) is 22.3. The van der Waals surface area contributed by atoms with Crippen molar-refractivity contribution in [2.45, 2.75) is 30.7 Å². The van der Waals surface area contributed by atoms with E-state index in [2.05, 4.69) is 0 Å². The van der Waals surface area contributed by atoms with E-state index in [1.165, 1.54) is 36.4 Å². The second-order valence-electron chi connectivity index (χ2n) is 9.29. The van der Waals surface area contributed by atoms with Crippen molar-refractivity contribution in [2.75, 3.05) is 6.61 Å². The third-order valence-corrected chi connectivity index (χ3v) is 6.31. The molecule has 0 unspecified atom stereocenters. The number of hydrogen-bond donors (Lipinski definition) is 7. The van der Waals surface area contributed by atoms with Gasteiger partial charge in [0.15, 0.2) is 17.3 Å². The number of ketones is 1. The Hall–Kier alpha value is -4.88. The summed E-state index contributed by atoms with van der Waals surface area (Å²) >= 11 is 0. The van der Waals surface area contributed by atoms with Gasteiger partial charge in [0.2, 0.25) is 12.0 Å². The molecule has 4 rings (SSSR count). The Morgan fingerprint density at radius 1 is 0.714 bits per heavy atom. The molecule has 220 valence electrons. The number of hydrogen-bond acceptors (Lipinski definition) is 12. The van der Waals surface area contributed by atoms with Crippen molar-refractivity contribution in [1.82, 2.24) is 0 Å². The number of aliphatic hydroxyl groups is 3. The third kappa shape index (κ3) is 7.25. The topological polar surface area (TPSA) is 203 Å². The van der Waals surface area contributed by atoms with E-state index < -0.39 is 66.3 Å². The Kier molecular flexibility index (Phi) is 9.45. The number of phenolic OH excluding ortho intramolecular Hbond substituents is 4. The van der Waals surface area contributed by atoms with Crippen molar-refractivity contribution < 1.29 is 59.5 Å². The van der Waals surface area contributed by atoms with Crippen LogP contribution < -0.4 is 4.74 Å². The highest BCUT2D eigenvalue weighted by atomic mass is 16.7. The van der Waals surface area contributed by atoms with Gasteiger partial charge in [0.1, 0.15) is 42.5 Å². The van der Waals surface area contributed by atoms with Gasteiger partial charge in [-0.2, -0.15) is 0 Å². The SMILES string of the molecule is O=C(C=Cc1ccc(O)cc1)OC[C@H]1O[C@H](Oc2ccc(C(=O)C=Cc3ccc(O)cc3)c(O)c2O)[C@H](O)[C@@H](O)[C@@H]1O. The van der Waals surface area contributed by atoms with Gasteiger partial charge in [-0.05, 0) is 59.7 Å². The molecule has 0 aromatic heterocycles. The molecule has 7 N–H and O–H groups in total. The maximum atomic E-state index is 12.6. The first-order valence-corrected chi connectivity index (χ1v) is 12.6. The lowest BCUT2D eigenvalue weighted by molar-refractivity contribution is -0.278. The minimum Gasteiger partial charge on any atom is -0.508 e. The Bertz CT molecular complexity index is 1460. The minimum absolute atomic E-state index is 0.0530. The fraction of sp³-hybridized carbons (Fsp3) is 0.200. The van der Waals surface area contributed by atoms with E-state index in [9.17, 15) is 45.3 Å². The summed E-state index contributed by atoms with van der Waals surface area (Å²) in [6, 6.07) is 14.3. The summed E-state index contributed by atoms with van der Waals surface area (Å²) in [7, 11) is 0. The molecule has 0 amide bonds. The fourth-order valence-corrected chi connectivity index (χ4v) is 3.94. The van der Waals surface area contributed by atoms with Crippen LogP contribution >= 0.6 is 0 Å². The molecule has 1 fully saturated rings. The van der Waals surface area contributed by atoms with Crippen molar-refractivity contribution in [1.29, 1.82) is 0 Å². The molecule has 12 nitrogen and oxygen atoms in total. The van der Waals surface area contributed by atoms with Crippen molar-refractivity contribution in [3.8, 4) is 28.7 Å². The van der Waals surface area contributed by atoms with Gasteiger partial charge in [0.25, 0.3) is 0 Å². The molecule has 0 aliphatic carbocycles. The number of esters is 1. The van der Waals surface area contributed by atoms with Crippen LogP contribution in [-0.2, 0) is 14.3 Å². The molecule has 1 saturated heterocycles. The van der Waals surface area contributed by atoms with Gasteiger partial charge < -0.3 is 50.0 Å². The summed E-state index contributed by atoms with van der Waals surface area (Å²) in [6.07, 6.45) is -3.17. The number of phenols is 4. The first-order chi connectivity index (χ1) is 20.0. The predicted molar refractivity (Wildman–Crippen MR) is 147 cm³/mol. The molecule has 1 aliphatic heterocycles. The van der Waals surface area contributed by atoms with Crippen LogP contribution in [0, 0.1) is 0 Å². The van der Waals surface area contributed by atoms with Crippen molar-refractivity contribution in [3.05, 3.63) is 89.5 Å². The monoisotopic (exact) mass is 580 g/mol. The van der Waals surface area contributed by atoms with Crippen LogP contribution in [0.3, 0.4) is 0 Å². The van der Waals surface area contributed by atoms with E-state index in [4.69, 9.17) is 14.2 Å². The zero-order valence-electron chi connectivity index (χ0n) is 21.8. The zero-order chi connectivity index (χ0) is 30.4. The van der Waals surface area contributed by atoms with Crippen LogP contribution in [-0.4, -0.2) is 84.8 Å². The summed E-state index contributed by atoms with van der Waals surface area (Å²) in [5, 5.41) is 70.5. The molecule has 1 heterocycles. The van der Waals surface area contributed by atoms with Crippen LogP contribution in [0.5, 0.6) is 28.7 Å². The van der Waals surface area contributed by atoms with Crippen molar-refractivity contribution in [3.63, 3.8) is 0 Å². The average Bonchev–Trinajstić information content (AvgIpc) is 2.98. The largest absolute Gasteiger partial charge is 0.508 e. The molecule has 0 radical (unpaired) electrons. The lowest BCUT2D eigenvalue weighted by Crippen LogP contribution is -2.60. The Balaban J connectivity index is 1.40. The Morgan fingerprint density at radius 2 is 1.29 bits per heavy atom. The first kappa shape index (κ1) is 30.1.